The lowest BCUT2D eigenvalue weighted by Gasteiger charge is -2.20. The molecule has 4 aromatic rings. The lowest BCUT2D eigenvalue weighted by molar-refractivity contribution is 0.588. The van der Waals surface area contributed by atoms with E-state index >= 15 is 4.39 Å². The number of pyridine rings is 3. The summed E-state index contributed by atoms with van der Waals surface area (Å²) in [4.78, 5) is 13.3. The molecule has 10 heteroatoms. The molecule has 33 heavy (non-hydrogen) atoms. The lowest BCUT2D eigenvalue weighted by Crippen LogP contribution is -2.13. The molecule has 0 amide bonds. The maximum atomic E-state index is 15.0. The monoisotopic (exact) mass is 486 g/mol. The molecule has 1 N–H and O–H groups in total. The Hall–Kier alpha value is -2.83. The van der Waals surface area contributed by atoms with Crippen LogP contribution in [0.25, 0.3) is 22.3 Å². The van der Waals surface area contributed by atoms with Gasteiger partial charge in [-0.2, -0.15) is 5.10 Å². The Morgan fingerprint density at radius 2 is 2.00 bits per heavy atom. The van der Waals surface area contributed by atoms with Crippen LogP contribution in [0.3, 0.4) is 0 Å². The SMILES string of the molecule is CCC(Nc1c(Cl)c(C)nc2cc(F)c(-c3ccc(P(C)(C)=O)nc3)nc12)c1ccn(C)n1. The summed E-state index contributed by atoms with van der Waals surface area (Å²) in [6.45, 7) is 7.10. The van der Waals surface area contributed by atoms with Crippen molar-refractivity contribution in [1.82, 2.24) is 24.7 Å². The Kier molecular flexibility index (Phi) is 6.25. The molecule has 0 aliphatic heterocycles. The molecule has 1 atom stereocenters. The van der Waals surface area contributed by atoms with Gasteiger partial charge in [0.05, 0.1) is 39.1 Å². The van der Waals surface area contributed by atoms with E-state index in [2.05, 4.69) is 25.4 Å². The number of halogens is 2. The standard InChI is InChI=1S/C23H25ClFN6OP/c1-6-16(17-9-10-31(3)30-17)28-23-20(24)13(2)27-18-11-15(25)21(29-22(18)23)14-7-8-19(26-12-14)33(4,5)32/h7-12,16H,6H2,1-5H3,(H,27,28). The summed E-state index contributed by atoms with van der Waals surface area (Å²) in [6.07, 6.45) is 4.13. The Morgan fingerprint density at radius 3 is 2.58 bits per heavy atom. The minimum absolute atomic E-state index is 0.117. The van der Waals surface area contributed by atoms with E-state index in [1.807, 2.05) is 26.2 Å². The van der Waals surface area contributed by atoms with Gasteiger partial charge in [0, 0.05) is 31.1 Å². The van der Waals surface area contributed by atoms with E-state index in [1.165, 1.54) is 12.3 Å². The number of hydrogen-bond acceptors (Lipinski definition) is 6. The molecular formula is C23H25ClFN6OP. The van der Waals surface area contributed by atoms with Crippen LogP contribution in [0.2, 0.25) is 5.02 Å². The third-order valence-electron chi connectivity index (χ3n) is 5.41. The molecule has 7 nitrogen and oxygen atoms in total. The minimum Gasteiger partial charge on any atom is -0.374 e. The number of nitrogens with zero attached hydrogens (tertiary/aromatic N) is 5. The van der Waals surface area contributed by atoms with E-state index in [0.717, 1.165) is 12.1 Å². The van der Waals surface area contributed by atoms with Gasteiger partial charge in [0.2, 0.25) is 0 Å². The minimum atomic E-state index is -2.52. The van der Waals surface area contributed by atoms with Crippen LogP contribution in [0.1, 0.15) is 30.8 Å². The van der Waals surface area contributed by atoms with Crippen molar-refractivity contribution in [3.63, 3.8) is 0 Å². The number of rotatable bonds is 6. The van der Waals surface area contributed by atoms with Crippen LogP contribution in [-0.4, -0.2) is 38.1 Å². The molecule has 0 saturated heterocycles. The van der Waals surface area contributed by atoms with Crippen molar-refractivity contribution in [3.05, 3.63) is 58.9 Å². The average molecular weight is 487 g/mol. The third kappa shape index (κ3) is 4.63. The predicted molar refractivity (Wildman–Crippen MR) is 131 cm³/mol. The van der Waals surface area contributed by atoms with Crippen molar-refractivity contribution >= 4 is 40.9 Å². The zero-order valence-corrected chi connectivity index (χ0v) is 20.7. The van der Waals surface area contributed by atoms with Crippen molar-refractivity contribution < 1.29 is 8.96 Å². The van der Waals surface area contributed by atoms with Gasteiger partial charge < -0.3 is 9.88 Å². The number of hydrogen-bond donors (Lipinski definition) is 1. The maximum Gasteiger partial charge on any atom is 0.151 e. The number of fused-ring (bicyclic) bond motifs is 1. The number of anilines is 1. The maximum absolute atomic E-state index is 15.0. The van der Waals surface area contributed by atoms with Crippen LogP contribution in [-0.2, 0) is 11.6 Å². The third-order valence-corrected chi connectivity index (χ3v) is 7.24. The van der Waals surface area contributed by atoms with Crippen molar-refractivity contribution in [2.45, 2.75) is 26.3 Å². The van der Waals surface area contributed by atoms with E-state index in [9.17, 15) is 4.57 Å². The quantitative estimate of drug-likeness (QED) is 0.370. The molecule has 0 saturated carbocycles. The highest BCUT2D eigenvalue weighted by Gasteiger charge is 2.21. The smallest absolute Gasteiger partial charge is 0.151 e. The highest BCUT2D eigenvalue weighted by atomic mass is 35.5. The molecule has 1 unspecified atom stereocenters. The highest BCUT2D eigenvalue weighted by molar-refractivity contribution is 7.69. The Bertz CT molecular complexity index is 1380. The topological polar surface area (TPSA) is 85.6 Å². The second kappa shape index (κ2) is 8.84. The first-order valence-electron chi connectivity index (χ1n) is 10.5. The van der Waals surface area contributed by atoms with Crippen LogP contribution in [0.15, 0.2) is 36.7 Å². The summed E-state index contributed by atoms with van der Waals surface area (Å²) < 4.78 is 29.1. The second-order valence-corrected chi connectivity index (χ2v) is 11.9. The van der Waals surface area contributed by atoms with Gasteiger partial charge in [-0.3, -0.25) is 9.67 Å². The molecule has 0 radical (unpaired) electrons. The summed E-state index contributed by atoms with van der Waals surface area (Å²) in [5.74, 6) is -0.523. The van der Waals surface area contributed by atoms with Crippen molar-refractivity contribution in [2.75, 3.05) is 18.6 Å². The van der Waals surface area contributed by atoms with E-state index in [4.69, 9.17) is 11.6 Å². The van der Waals surface area contributed by atoms with Crippen molar-refractivity contribution in [1.29, 1.82) is 0 Å². The van der Waals surface area contributed by atoms with Crippen LogP contribution >= 0.6 is 18.7 Å². The molecule has 0 bridgehead atoms. The zero-order valence-electron chi connectivity index (χ0n) is 19.1. The number of nitrogens with one attached hydrogen (secondary N) is 1. The van der Waals surface area contributed by atoms with Gasteiger partial charge in [-0.15, -0.1) is 0 Å². The second-order valence-electron chi connectivity index (χ2n) is 8.35. The predicted octanol–water partition coefficient (Wildman–Crippen LogP) is 5.34. The normalized spacial score (nSPS) is 12.8. The van der Waals surface area contributed by atoms with Gasteiger partial charge in [-0.1, -0.05) is 18.5 Å². The van der Waals surface area contributed by atoms with Gasteiger partial charge in [0.15, 0.2) is 5.82 Å². The summed E-state index contributed by atoms with van der Waals surface area (Å²) in [5, 5.41) is 8.38. The average Bonchev–Trinajstić information content (AvgIpc) is 3.19. The van der Waals surface area contributed by atoms with E-state index in [-0.39, 0.29) is 11.7 Å². The molecule has 0 spiro atoms. The molecule has 4 rings (SSSR count). The Labute approximate surface area is 196 Å². The van der Waals surface area contributed by atoms with Gasteiger partial charge in [-0.05, 0) is 44.9 Å². The first-order chi connectivity index (χ1) is 15.6. The van der Waals surface area contributed by atoms with Gasteiger partial charge >= 0.3 is 0 Å². The summed E-state index contributed by atoms with van der Waals surface area (Å²) in [7, 11) is -0.656. The molecular weight excluding hydrogens is 462 g/mol. The fourth-order valence-corrected chi connectivity index (χ4v) is 4.58. The highest BCUT2D eigenvalue weighted by Crippen LogP contribution is 2.37. The van der Waals surface area contributed by atoms with Crippen LogP contribution < -0.4 is 10.8 Å². The van der Waals surface area contributed by atoms with Crippen LogP contribution in [0.4, 0.5) is 10.1 Å². The number of aryl methyl sites for hydroxylation is 2. The largest absolute Gasteiger partial charge is 0.374 e. The molecule has 4 aromatic heterocycles. The first kappa shape index (κ1) is 23.3. The fraction of sp³-hybridized carbons (Fsp3) is 0.304. The zero-order chi connectivity index (χ0) is 23.9. The summed E-state index contributed by atoms with van der Waals surface area (Å²) in [6, 6.07) is 6.50. The molecule has 172 valence electrons. The van der Waals surface area contributed by atoms with Gasteiger partial charge in [0.1, 0.15) is 18.4 Å². The Morgan fingerprint density at radius 1 is 1.24 bits per heavy atom. The summed E-state index contributed by atoms with van der Waals surface area (Å²) >= 11 is 6.65. The first-order valence-corrected chi connectivity index (χ1v) is 13.5. The molecule has 0 aromatic carbocycles. The fourth-order valence-electron chi connectivity index (χ4n) is 3.62. The number of aromatic nitrogens is 5. The lowest BCUT2D eigenvalue weighted by atomic mass is 10.1. The van der Waals surface area contributed by atoms with E-state index < -0.39 is 13.0 Å². The molecule has 0 fully saturated rings. The van der Waals surface area contributed by atoms with E-state index in [1.54, 1.807) is 37.1 Å². The van der Waals surface area contributed by atoms with Crippen molar-refractivity contribution in [2.24, 2.45) is 7.05 Å². The van der Waals surface area contributed by atoms with Crippen LogP contribution in [0.5, 0.6) is 0 Å². The Balaban J connectivity index is 1.85. The summed E-state index contributed by atoms with van der Waals surface area (Å²) in [5.41, 5.74) is 3.95. The molecule has 0 aliphatic carbocycles. The van der Waals surface area contributed by atoms with Crippen LogP contribution in [0, 0.1) is 12.7 Å². The van der Waals surface area contributed by atoms with Gasteiger partial charge in [0.25, 0.3) is 0 Å². The van der Waals surface area contributed by atoms with Crippen molar-refractivity contribution in [3.8, 4) is 11.3 Å². The molecule has 0 aliphatic rings. The van der Waals surface area contributed by atoms with E-state index in [0.29, 0.717) is 38.4 Å². The van der Waals surface area contributed by atoms with Gasteiger partial charge in [-0.25, -0.2) is 14.4 Å². The molecule has 4 heterocycles.